The van der Waals surface area contributed by atoms with Crippen LogP contribution in [-0.2, 0) is 14.3 Å². The van der Waals surface area contributed by atoms with Gasteiger partial charge in [0.15, 0.2) is 0 Å². The number of amides is 1. The first kappa shape index (κ1) is 19.2. The molecular formula is C20H32BrNO3. The van der Waals surface area contributed by atoms with E-state index in [1.165, 1.54) is 19.3 Å². The highest BCUT2D eigenvalue weighted by Gasteiger charge is 2.60. The highest BCUT2D eigenvalue weighted by atomic mass is 79.9. The van der Waals surface area contributed by atoms with Crippen LogP contribution in [0.15, 0.2) is 0 Å². The third-order valence-electron chi connectivity index (χ3n) is 6.08. The second-order valence-electron chi connectivity index (χ2n) is 9.81. The lowest BCUT2D eigenvalue weighted by Crippen LogP contribution is -2.58. The molecule has 4 bridgehead atoms. The summed E-state index contributed by atoms with van der Waals surface area (Å²) in [7, 11) is 1.90. The third-order valence-corrected chi connectivity index (χ3v) is 7.01. The minimum absolute atomic E-state index is 0.158. The number of alkyl halides is 1. The molecule has 4 nitrogen and oxygen atoms in total. The van der Waals surface area contributed by atoms with Crippen molar-refractivity contribution >= 4 is 27.8 Å². The zero-order valence-corrected chi connectivity index (χ0v) is 17.7. The maximum Gasteiger partial charge on any atom is 0.306 e. The largest absolute Gasteiger partial charge is 0.460 e. The Morgan fingerprint density at radius 2 is 1.76 bits per heavy atom. The Labute approximate surface area is 160 Å². The Morgan fingerprint density at radius 1 is 1.16 bits per heavy atom. The van der Waals surface area contributed by atoms with Gasteiger partial charge in [0.1, 0.15) is 5.60 Å². The van der Waals surface area contributed by atoms with Gasteiger partial charge in [-0.15, -0.1) is 0 Å². The highest BCUT2D eigenvalue weighted by molar-refractivity contribution is 9.10. The molecule has 0 spiro atoms. The van der Waals surface area contributed by atoms with Crippen molar-refractivity contribution in [3.8, 4) is 0 Å². The molecule has 142 valence electrons. The molecule has 0 heterocycles. The van der Waals surface area contributed by atoms with E-state index in [1.807, 2.05) is 32.7 Å². The molecular weight excluding hydrogens is 382 g/mol. The Balaban J connectivity index is 1.54. The van der Waals surface area contributed by atoms with E-state index >= 15 is 0 Å². The molecule has 2 atom stereocenters. The van der Waals surface area contributed by atoms with Crippen molar-refractivity contribution < 1.29 is 14.3 Å². The fourth-order valence-corrected chi connectivity index (χ4v) is 7.21. The summed E-state index contributed by atoms with van der Waals surface area (Å²) in [6.45, 7) is 6.27. The van der Waals surface area contributed by atoms with Crippen LogP contribution in [0.3, 0.4) is 0 Å². The van der Waals surface area contributed by atoms with Crippen LogP contribution >= 0.6 is 15.9 Å². The van der Waals surface area contributed by atoms with Crippen molar-refractivity contribution in [1.82, 2.24) is 4.90 Å². The summed E-state index contributed by atoms with van der Waals surface area (Å²) < 4.78 is 5.54. The summed E-state index contributed by atoms with van der Waals surface area (Å²) in [5, 5.41) is 0. The van der Waals surface area contributed by atoms with Crippen molar-refractivity contribution in [2.75, 3.05) is 13.6 Å². The van der Waals surface area contributed by atoms with Gasteiger partial charge in [0.25, 0.3) is 0 Å². The van der Waals surface area contributed by atoms with E-state index in [1.54, 1.807) is 0 Å². The third kappa shape index (κ3) is 4.23. The molecule has 0 aromatic carbocycles. The molecule has 0 saturated heterocycles. The molecule has 2 unspecified atom stereocenters. The highest BCUT2D eigenvalue weighted by Crippen LogP contribution is 2.64. The number of hydrogen-bond acceptors (Lipinski definition) is 3. The molecule has 5 heteroatoms. The number of hydrogen-bond donors (Lipinski definition) is 0. The number of esters is 1. The molecule has 4 fully saturated rings. The SMILES string of the molecule is CN(CCCC(=O)OC(C)(C)C)C(=O)C12CC3CC(CC(Br)(C3)C1)C2. The van der Waals surface area contributed by atoms with Crippen LogP contribution in [0.4, 0.5) is 0 Å². The standard InChI is InChI=1S/C20H32BrNO3/c1-18(2,3)25-16(23)6-5-7-22(4)17(24)19-9-14-8-15(10-19)12-20(21,11-14)13-19/h14-15H,5-13H2,1-4H3. The lowest BCUT2D eigenvalue weighted by molar-refractivity contribution is -0.157. The Bertz CT molecular complexity index is 540. The van der Waals surface area contributed by atoms with Crippen LogP contribution in [-0.4, -0.2) is 40.3 Å². The number of rotatable bonds is 5. The summed E-state index contributed by atoms with van der Waals surface area (Å²) in [4.78, 5) is 26.9. The molecule has 0 aromatic rings. The second-order valence-corrected chi connectivity index (χ2v) is 11.5. The van der Waals surface area contributed by atoms with Crippen molar-refractivity contribution in [3.63, 3.8) is 0 Å². The average Bonchev–Trinajstić information content (AvgIpc) is 2.41. The van der Waals surface area contributed by atoms with Gasteiger partial charge in [0.05, 0.1) is 5.41 Å². The monoisotopic (exact) mass is 413 g/mol. The first-order valence-electron chi connectivity index (χ1n) is 9.67. The van der Waals surface area contributed by atoms with E-state index in [2.05, 4.69) is 15.9 Å². The molecule has 0 radical (unpaired) electrons. The van der Waals surface area contributed by atoms with E-state index < -0.39 is 5.60 Å². The molecule has 0 aliphatic heterocycles. The lowest BCUT2D eigenvalue weighted by Gasteiger charge is -2.60. The van der Waals surface area contributed by atoms with E-state index in [0.717, 1.165) is 19.3 Å². The average molecular weight is 414 g/mol. The first-order chi connectivity index (χ1) is 11.5. The van der Waals surface area contributed by atoms with Gasteiger partial charge in [0.2, 0.25) is 5.91 Å². The van der Waals surface area contributed by atoms with Gasteiger partial charge in [-0.05, 0) is 77.6 Å². The zero-order chi connectivity index (χ0) is 18.5. The number of ether oxygens (including phenoxy) is 1. The van der Waals surface area contributed by atoms with E-state index in [0.29, 0.717) is 37.1 Å². The van der Waals surface area contributed by atoms with Crippen LogP contribution in [0.25, 0.3) is 0 Å². The topological polar surface area (TPSA) is 46.6 Å². The Hall–Kier alpha value is -0.580. The van der Waals surface area contributed by atoms with Crippen molar-refractivity contribution in [2.45, 2.75) is 82.1 Å². The molecule has 1 amide bonds. The normalized spacial score (nSPS) is 36.4. The van der Waals surface area contributed by atoms with Crippen molar-refractivity contribution in [3.05, 3.63) is 0 Å². The molecule has 0 N–H and O–H groups in total. The summed E-state index contributed by atoms with van der Waals surface area (Å²) in [5.41, 5.74) is -0.601. The zero-order valence-electron chi connectivity index (χ0n) is 16.1. The maximum atomic E-state index is 13.2. The van der Waals surface area contributed by atoms with Crippen molar-refractivity contribution in [2.24, 2.45) is 17.3 Å². The second kappa shape index (κ2) is 6.54. The van der Waals surface area contributed by atoms with Gasteiger partial charge in [-0.3, -0.25) is 9.59 Å². The van der Waals surface area contributed by atoms with E-state index in [-0.39, 0.29) is 15.7 Å². The predicted molar refractivity (Wildman–Crippen MR) is 101 cm³/mol. The van der Waals surface area contributed by atoms with Crippen LogP contribution in [0.5, 0.6) is 0 Å². The molecule has 25 heavy (non-hydrogen) atoms. The van der Waals surface area contributed by atoms with E-state index in [4.69, 9.17) is 4.74 Å². The van der Waals surface area contributed by atoms with Crippen molar-refractivity contribution in [1.29, 1.82) is 0 Å². The van der Waals surface area contributed by atoms with Gasteiger partial charge in [0, 0.05) is 24.3 Å². The van der Waals surface area contributed by atoms with Crippen LogP contribution in [0.1, 0.15) is 72.1 Å². The fourth-order valence-electron chi connectivity index (χ4n) is 5.76. The maximum absolute atomic E-state index is 13.2. The number of carbonyl (C=O) groups excluding carboxylic acids is 2. The predicted octanol–water partition coefficient (Wildman–Crippen LogP) is 4.30. The van der Waals surface area contributed by atoms with Gasteiger partial charge >= 0.3 is 5.97 Å². The molecule has 4 aliphatic rings. The smallest absolute Gasteiger partial charge is 0.306 e. The van der Waals surface area contributed by atoms with Gasteiger partial charge in [-0.25, -0.2) is 0 Å². The molecule has 4 saturated carbocycles. The minimum Gasteiger partial charge on any atom is -0.460 e. The lowest BCUT2D eigenvalue weighted by atomic mass is 9.49. The van der Waals surface area contributed by atoms with Gasteiger partial charge < -0.3 is 9.64 Å². The van der Waals surface area contributed by atoms with E-state index in [9.17, 15) is 9.59 Å². The number of halogens is 1. The fraction of sp³-hybridized carbons (Fsp3) is 0.900. The first-order valence-corrected chi connectivity index (χ1v) is 10.5. The molecule has 4 rings (SSSR count). The summed E-state index contributed by atoms with van der Waals surface area (Å²) in [5.74, 6) is 1.54. The van der Waals surface area contributed by atoms with Crippen LogP contribution in [0, 0.1) is 17.3 Å². The number of carbonyl (C=O) groups is 2. The minimum atomic E-state index is -0.442. The molecule has 4 aliphatic carbocycles. The van der Waals surface area contributed by atoms with Gasteiger partial charge in [-0.1, -0.05) is 15.9 Å². The Morgan fingerprint density at radius 3 is 2.28 bits per heavy atom. The van der Waals surface area contributed by atoms with Gasteiger partial charge in [-0.2, -0.15) is 0 Å². The molecule has 0 aromatic heterocycles. The summed E-state index contributed by atoms with van der Waals surface area (Å²) in [6, 6.07) is 0. The summed E-state index contributed by atoms with van der Waals surface area (Å²) >= 11 is 3.98. The number of nitrogens with zero attached hydrogens (tertiary/aromatic N) is 1. The van der Waals surface area contributed by atoms with Crippen LogP contribution in [0.2, 0.25) is 0 Å². The quantitative estimate of drug-likeness (QED) is 0.498. The summed E-state index contributed by atoms with van der Waals surface area (Å²) in [6.07, 6.45) is 7.93. The van der Waals surface area contributed by atoms with Crippen LogP contribution < -0.4 is 0 Å². The Kier molecular flexibility index (Phi) is 5.02.